The van der Waals surface area contributed by atoms with Gasteiger partial charge in [0.25, 0.3) is 0 Å². The van der Waals surface area contributed by atoms with Gasteiger partial charge >= 0.3 is 12.1 Å². The van der Waals surface area contributed by atoms with Gasteiger partial charge in [-0.25, -0.2) is 23.3 Å². The maximum Gasteiger partial charge on any atom is 0.418 e. The van der Waals surface area contributed by atoms with Gasteiger partial charge in [0.15, 0.2) is 11.6 Å². The smallest absolute Gasteiger partial charge is 0.418 e. The van der Waals surface area contributed by atoms with Gasteiger partial charge in [-0.05, 0) is 60.9 Å². The van der Waals surface area contributed by atoms with Crippen LogP contribution in [0.25, 0.3) is 0 Å². The summed E-state index contributed by atoms with van der Waals surface area (Å²) in [5, 5.41) is 12.3. The summed E-state index contributed by atoms with van der Waals surface area (Å²) in [6.07, 6.45) is 3.30. The molecular formula is C26H26F2N4O3. The van der Waals surface area contributed by atoms with E-state index in [1.807, 2.05) is 18.2 Å². The van der Waals surface area contributed by atoms with Crippen LogP contribution in [-0.2, 0) is 4.74 Å². The molecule has 35 heavy (non-hydrogen) atoms. The molecule has 2 heterocycles. The lowest BCUT2D eigenvalue weighted by Gasteiger charge is -2.47. The third-order valence-electron chi connectivity index (χ3n) is 7.39. The van der Waals surface area contributed by atoms with E-state index in [9.17, 15) is 23.6 Å². The monoisotopic (exact) mass is 480 g/mol. The van der Waals surface area contributed by atoms with Crippen LogP contribution in [0.15, 0.2) is 42.5 Å². The fourth-order valence-corrected chi connectivity index (χ4v) is 5.46. The Balaban J connectivity index is 1.13. The number of ether oxygens (including phenoxy) is 1. The highest BCUT2D eigenvalue weighted by Gasteiger charge is 2.42. The summed E-state index contributed by atoms with van der Waals surface area (Å²) in [7, 11) is 0. The molecule has 0 aromatic heterocycles. The van der Waals surface area contributed by atoms with E-state index in [2.05, 4.69) is 22.4 Å². The van der Waals surface area contributed by atoms with E-state index in [1.54, 1.807) is 0 Å². The van der Waals surface area contributed by atoms with Crippen molar-refractivity contribution in [3.05, 3.63) is 70.8 Å². The fraction of sp³-hybridized carbons (Fsp3) is 0.423. The quantitative estimate of drug-likeness (QED) is 0.699. The number of nitriles is 1. The van der Waals surface area contributed by atoms with Crippen molar-refractivity contribution in [1.29, 1.82) is 5.26 Å². The van der Waals surface area contributed by atoms with E-state index in [0.29, 0.717) is 30.6 Å². The molecule has 9 heteroatoms. The molecule has 0 radical (unpaired) electrons. The summed E-state index contributed by atoms with van der Waals surface area (Å²) < 4.78 is 32.0. The molecule has 0 bridgehead atoms. The average molecular weight is 481 g/mol. The molecule has 182 valence electrons. The molecule has 1 saturated carbocycles. The van der Waals surface area contributed by atoms with Crippen LogP contribution in [0.3, 0.4) is 0 Å². The first-order chi connectivity index (χ1) is 16.9. The first-order valence-electron chi connectivity index (χ1n) is 11.9. The van der Waals surface area contributed by atoms with E-state index in [-0.39, 0.29) is 12.6 Å². The molecule has 3 fully saturated rings. The Hall–Kier alpha value is -3.51. The molecule has 1 atom stereocenters. The predicted molar refractivity (Wildman–Crippen MR) is 122 cm³/mol. The van der Waals surface area contributed by atoms with E-state index in [4.69, 9.17) is 4.74 Å². The molecule has 3 aliphatic rings. The van der Waals surface area contributed by atoms with Crippen LogP contribution >= 0.6 is 0 Å². The number of halogens is 2. The third-order valence-corrected chi connectivity index (χ3v) is 7.39. The fourth-order valence-electron chi connectivity index (χ4n) is 5.46. The van der Waals surface area contributed by atoms with Crippen LogP contribution in [0.1, 0.15) is 54.3 Å². The molecule has 2 aliphatic heterocycles. The summed E-state index contributed by atoms with van der Waals surface area (Å²) in [5.41, 5.74) is 2.19. The number of imide groups is 1. The van der Waals surface area contributed by atoms with E-state index >= 15 is 0 Å². The highest BCUT2D eigenvalue weighted by molar-refractivity contribution is 5.93. The van der Waals surface area contributed by atoms with E-state index in [1.165, 1.54) is 6.07 Å². The second-order valence-corrected chi connectivity index (χ2v) is 9.44. The van der Waals surface area contributed by atoms with Crippen molar-refractivity contribution in [3.63, 3.8) is 0 Å². The SMILES string of the molecule is N#Cc1ccccc1C1CCC(N2CC(NC(=O)N3C(=O)OCC3c3ccc(F)c(F)c3)C2)CC1. The van der Waals surface area contributed by atoms with Crippen molar-refractivity contribution in [1.82, 2.24) is 15.1 Å². The van der Waals surface area contributed by atoms with Gasteiger partial charge in [-0.15, -0.1) is 0 Å². The standard InChI is InChI=1S/C26H26F2N4O3/c27-22-10-7-17(11-23(22)28)24-15-35-26(34)32(24)25(33)30-19-13-31(14-19)20-8-5-16(6-9-20)21-4-2-1-3-18(21)12-29/h1-4,7,10-11,16,19-20,24H,5-6,8-9,13-15H2,(H,30,33). The van der Waals surface area contributed by atoms with Gasteiger partial charge in [0.2, 0.25) is 0 Å². The van der Waals surface area contributed by atoms with Crippen molar-refractivity contribution in [3.8, 4) is 6.07 Å². The third kappa shape index (κ3) is 4.58. The Morgan fingerprint density at radius 2 is 1.80 bits per heavy atom. The normalized spacial score (nSPS) is 25.0. The highest BCUT2D eigenvalue weighted by Crippen LogP contribution is 2.37. The van der Waals surface area contributed by atoms with E-state index in [0.717, 1.165) is 53.8 Å². The van der Waals surface area contributed by atoms with Crippen LogP contribution in [-0.4, -0.2) is 53.7 Å². The number of nitrogens with one attached hydrogen (secondary N) is 1. The summed E-state index contributed by atoms with van der Waals surface area (Å²) >= 11 is 0. The number of benzene rings is 2. The number of amides is 3. The number of carbonyl (C=O) groups is 2. The number of urea groups is 1. The van der Waals surface area contributed by atoms with Crippen LogP contribution in [0.5, 0.6) is 0 Å². The molecule has 7 nitrogen and oxygen atoms in total. The maximum absolute atomic E-state index is 13.7. The Morgan fingerprint density at radius 3 is 2.51 bits per heavy atom. The van der Waals surface area contributed by atoms with Gasteiger partial charge in [0.1, 0.15) is 12.6 Å². The molecule has 1 N–H and O–H groups in total. The van der Waals surface area contributed by atoms with Crippen LogP contribution in [0.4, 0.5) is 18.4 Å². The minimum Gasteiger partial charge on any atom is -0.446 e. The predicted octanol–water partition coefficient (Wildman–Crippen LogP) is 4.45. The number of hydrogen-bond acceptors (Lipinski definition) is 5. The number of carbonyl (C=O) groups excluding carboxylic acids is 2. The Bertz CT molecular complexity index is 1170. The number of nitrogens with zero attached hydrogens (tertiary/aromatic N) is 3. The number of hydrogen-bond donors (Lipinski definition) is 1. The van der Waals surface area contributed by atoms with E-state index < -0.39 is 29.8 Å². The first kappa shape index (κ1) is 23.2. The summed E-state index contributed by atoms with van der Waals surface area (Å²) in [6, 6.07) is 12.3. The molecule has 2 aromatic carbocycles. The molecule has 1 unspecified atom stereocenters. The molecule has 1 aliphatic carbocycles. The zero-order chi connectivity index (χ0) is 24.5. The van der Waals surface area contributed by atoms with Gasteiger partial charge in [0, 0.05) is 19.1 Å². The van der Waals surface area contributed by atoms with Gasteiger partial charge in [-0.2, -0.15) is 5.26 Å². The number of cyclic esters (lactones) is 1. The lowest BCUT2D eigenvalue weighted by molar-refractivity contribution is 0.0545. The summed E-state index contributed by atoms with van der Waals surface area (Å²) in [4.78, 5) is 28.3. The van der Waals surface area contributed by atoms with Crippen LogP contribution < -0.4 is 5.32 Å². The molecule has 3 amide bonds. The largest absolute Gasteiger partial charge is 0.446 e. The minimum atomic E-state index is -1.04. The second-order valence-electron chi connectivity index (χ2n) is 9.44. The number of likely N-dealkylation sites (tertiary alicyclic amines) is 1. The highest BCUT2D eigenvalue weighted by atomic mass is 19.2. The van der Waals surface area contributed by atoms with Crippen molar-refractivity contribution in [2.24, 2.45) is 0 Å². The van der Waals surface area contributed by atoms with Gasteiger partial charge < -0.3 is 10.1 Å². The van der Waals surface area contributed by atoms with Gasteiger partial charge in [-0.3, -0.25) is 4.90 Å². The molecule has 2 aromatic rings. The Morgan fingerprint density at radius 1 is 1.06 bits per heavy atom. The molecular weight excluding hydrogens is 454 g/mol. The first-order valence-corrected chi connectivity index (χ1v) is 11.9. The molecule has 5 rings (SSSR count). The molecule has 0 spiro atoms. The lowest BCUT2D eigenvalue weighted by Crippen LogP contribution is -2.64. The summed E-state index contributed by atoms with van der Waals surface area (Å²) in [5.74, 6) is -1.64. The maximum atomic E-state index is 13.7. The van der Waals surface area contributed by atoms with Crippen LogP contribution in [0.2, 0.25) is 0 Å². The second kappa shape index (κ2) is 9.62. The zero-order valence-electron chi connectivity index (χ0n) is 19.1. The van der Waals surface area contributed by atoms with Crippen LogP contribution in [0, 0.1) is 23.0 Å². The topological polar surface area (TPSA) is 85.7 Å². The molecule has 2 saturated heterocycles. The Labute approximate surface area is 202 Å². The lowest BCUT2D eigenvalue weighted by atomic mass is 9.79. The van der Waals surface area contributed by atoms with Crippen molar-refractivity contribution < 1.29 is 23.1 Å². The summed E-state index contributed by atoms with van der Waals surface area (Å²) in [6.45, 7) is 1.27. The van der Waals surface area contributed by atoms with Crippen molar-refractivity contribution >= 4 is 12.1 Å². The average Bonchev–Trinajstić information content (AvgIpc) is 3.24. The number of rotatable bonds is 4. The minimum absolute atomic E-state index is 0.0986. The zero-order valence-corrected chi connectivity index (χ0v) is 19.1. The Kier molecular flexibility index (Phi) is 6.39. The van der Waals surface area contributed by atoms with Gasteiger partial charge in [0.05, 0.1) is 17.7 Å². The van der Waals surface area contributed by atoms with Crippen molar-refractivity contribution in [2.45, 2.75) is 49.7 Å². The van der Waals surface area contributed by atoms with Crippen molar-refractivity contribution in [2.75, 3.05) is 19.7 Å². The van der Waals surface area contributed by atoms with Gasteiger partial charge in [-0.1, -0.05) is 24.3 Å².